The van der Waals surface area contributed by atoms with Crippen molar-refractivity contribution in [1.82, 2.24) is 9.80 Å². The standard InChI is InChI=1S/C29H32N2/c1-4-10-24(11-5-1)20-31-22-28(29(23-31)27-14-8-3-9-15-27)21-30-18-16-26(17-19-30)25-12-6-2-7-13-25/h1-16,28-29H,17-23H2. The summed E-state index contributed by atoms with van der Waals surface area (Å²) in [6.07, 6.45) is 3.60. The van der Waals surface area contributed by atoms with Gasteiger partial charge in [0.1, 0.15) is 0 Å². The van der Waals surface area contributed by atoms with E-state index in [-0.39, 0.29) is 0 Å². The summed E-state index contributed by atoms with van der Waals surface area (Å²) in [6, 6.07) is 33.0. The van der Waals surface area contributed by atoms with E-state index in [1.165, 1.54) is 35.4 Å². The molecule has 2 heterocycles. The number of rotatable bonds is 6. The van der Waals surface area contributed by atoms with Crippen LogP contribution in [0.4, 0.5) is 0 Å². The first-order chi connectivity index (χ1) is 15.3. The Labute approximate surface area is 186 Å². The van der Waals surface area contributed by atoms with E-state index in [9.17, 15) is 0 Å². The lowest BCUT2D eigenvalue weighted by Crippen LogP contribution is -2.35. The first kappa shape index (κ1) is 20.2. The van der Waals surface area contributed by atoms with E-state index in [2.05, 4.69) is 107 Å². The molecule has 158 valence electrons. The van der Waals surface area contributed by atoms with Gasteiger partial charge in [-0.3, -0.25) is 9.80 Å². The van der Waals surface area contributed by atoms with Gasteiger partial charge in [-0.2, -0.15) is 0 Å². The largest absolute Gasteiger partial charge is 0.299 e. The first-order valence-corrected chi connectivity index (χ1v) is 11.6. The van der Waals surface area contributed by atoms with Crippen molar-refractivity contribution in [3.63, 3.8) is 0 Å². The lowest BCUT2D eigenvalue weighted by atomic mass is 9.88. The Kier molecular flexibility index (Phi) is 6.29. The van der Waals surface area contributed by atoms with E-state index in [1.807, 2.05) is 0 Å². The topological polar surface area (TPSA) is 6.48 Å². The van der Waals surface area contributed by atoms with Gasteiger partial charge in [0.15, 0.2) is 0 Å². The summed E-state index contributed by atoms with van der Waals surface area (Å²) in [5.74, 6) is 1.29. The van der Waals surface area contributed by atoms with Crippen LogP contribution in [0.2, 0.25) is 0 Å². The molecule has 0 amide bonds. The van der Waals surface area contributed by atoms with E-state index < -0.39 is 0 Å². The molecule has 1 fully saturated rings. The van der Waals surface area contributed by atoms with E-state index in [1.54, 1.807) is 0 Å². The Bertz CT molecular complexity index is 981. The molecule has 2 heteroatoms. The maximum atomic E-state index is 2.67. The minimum Gasteiger partial charge on any atom is -0.299 e. The maximum Gasteiger partial charge on any atom is 0.0234 e. The summed E-state index contributed by atoms with van der Waals surface area (Å²) in [5, 5.41) is 0. The Hall–Kier alpha value is -2.68. The van der Waals surface area contributed by atoms with Gasteiger partial charge in [0.2, 0.25) is 0 Å². The minimum absolute atomic E-state index is 0.615. The van der Waals surface area contributed by atoms with Crippen molar-refractivity contribution in [3.8, 4) is 0 Å². The van der Waals surface area contributed by atoms with Gasteiger partial charge < -0.3 is 0 Å². The van der Waals surface area contributed by atoms with Crippen molar-refractivity contribution in [2.24, 2.45) is 5.92 Å². The molecule has 2 aliphatic heterocycles. The van der Waals surface area contributed by atoms with E-state index in [4.69, 9.17) is 0 Å². The van der Waals surface area contributed by atoms with Crippen molar-refractivity contribution in [2.45, 2.75) is 18.9 Å². The van der Waals surface area contributed by atoms with Crippen molar-refractivity contribution >= 4 is 5.57 Å². The highest BCUT2D eigenvalue weighted by molar-refractivity contribution is 5.66. The fourth-order valence-electron chi connectivity index (χ4n) is 5.32. The number of likely N-dealkylation sites (tertiary alicyclic amines) is 1. The monoisotopic (exact) mass is 408 g/mol. The molecule has 0 spiro atoms. The lowest BCUT2D eigenvalue weighted by molar-refractivity contribution is 0.237. The molecule has 0 aliphatic carbocycles. The van der Waals surface area contributed by atoms with Crippen LogP contribution in [0.5, 0.6) is 0 Å². The summed E-state index contributed by atoms with van der Waals surface area (Å²) in [7, 11) is 0. The highest BCUT2D eigenvalue weighted by atomic mass is 15.2. The molecule has 31 heavy (non-hydrogen) atoms. The van der Waals surface area contributed by atoms with Gasteiger partial charge in [0.05, 0.1) is 0 Å². The molecule has 2 aliphatic rings. The van der Waals surface area contributed by atoms with Gasteiger partial charge >= 0.3 is 0 Å². The zero-order chi connectivity index (χ0) is 20.9. The highest BCUT2D eigenvalue weighted by Gasteiger charge is 2.34. The van der Waals surface area contributed by atoms with E-state index in [0.29, 0.717) is 11.8 Å². The SMILES string of the molecule is C1=C(c2ccccc2)CCN(CC2CN(Cc3ccccc3)CC2c2ccccc2)C1. The second-order valence-corrected chi connectivity index (χ2v) is 9.06. The quantitative estimate of drug-likeness (QED) is 0.517. The molecule has 2 nitrogen and oxygen atoms in total. The molecule has 0 N–H and O–H groups in total. The molecule has 2 atom stereocenters. The minimum atomic E-state index is 0.615. The van der Waals surface area contributed by atoms with Crippen LogP contribution < -0.4 is 0 Å². The number of hydrogen-bond donors (Lipinski definition) is 0. The smallest absolute Gasteiger partial charge is 0.0234 e. The molecule has 0 bridgehead atoms. The van der Waals surface area contributed by atoms with Crippen molar-refractivity contribution < 1.29 is 0 Å². The van der Waals surface area contributed by atoms with Crippen LogP contribution >= 0.6 is 0 Å². The molecule has 0 radical (unpaired) electrons. The first-order valence-electron chi connectivity index (χ1n) is 11.6. The van der Waals surface area contributed by atoms with Crippen molar-refractivity contribution in [3.05, 3.63) is 114 Å². The maximum absolute atomic E-state index is 2.67. The molecule has 3 aromatic carbocycles. The number of benzene rings is 3. The summed E-state index contributed by atoms with van der Waals surface area (Å²) in [6.45, 7) is 6.81. The number of hydrogen-bond acceptors (Lipinski definition) is 2. The van der Waals surface area contributed by atoms with Crippen LogP contribution in [0.25, 0.3) is 5.57 Å². The summed E-state index contributed by atoms with van der Waals surface area (Å²) in [4.78, 5) is 5.33. The summed E-state index contributed by atoms with van der Waals surface area (Å²) < 4.78 is 0. The second kappa shape index (κ2) is 9.64. The summed E-state index contributed by atoms with van der Waals surface area (Å²) >= 11 is 0. The third-order valence-electron chi connectivity index (χ3n) is 6.92. The lowest BCUT2D eigenvalue weighted by Gasteiger charge is -2.31. The van der Waals surface area contributed by atoms with Crippen LogP contribution in [0.3, 0.4) is 0 Å². The van der Waals surface area contributed by atoms with Gasteiger partial charge in [-0.1, -0.05) is 97.1 Å². The Balaban J connectivity index is 1.27. The average Bonchev–Trinajstić information content (AvgIpc) is 3.23. The Morgan fingerprint density at radius 1 is 0.710 bits per heavy atom. The van der Waals surface area contributed by atoms with Gasteiger partial charge in [-0.15, -0.1) is 0 Å². The Morgan fingerprint density at radius 3 is 2.06 bits per heavy atom. The number of nitrogens with zero attached hydrogens (tertiary/aromatic N) is 2. The molecule has 1 saturated heterocycles. The fraction of sp³-hybridized carbons (Fsp3) is 0.310. The highest BCUT2D eigenvalue weighted by Crippen LogP contribution is 2.35. The van der Waals surface area contributed by atoms with Crippen LogP contribution in [-0.2, 0) is 6.54 Å². The van der Waals surface area contributed by atoms with Gasteiger partial charge in [-0.25, -0.2) is 0 Å². The van der Waals surface area contributed by atoms with Crippen LogP contribution in [-0.4, -0.2) is 42.5 Å². The third-order valence-corrected chi connectivity index (χ3v) is 6.92. The van der Waals surface area contributed by atoms with Crippen LogP contribution in [0.1, 0.15) is 29.0 Å². The molecule has 3 aromatic rings. The summed E-state index contributed by atoms with van der Waals surface area (Å²) in [5.41, 5.74) is 5.82. The molecule has 5 rings (SSSR count). The third kappa shape index (κ3) is 4.98. The van der Waals surface area contributed by atoms with E-state index >= 15 is 0 Å². The van der Waals surface area contributed by atoms with Gasteiger partial charge in [0.25, 0.3) is 0 Å². The van der Waals surface area contributed by atoms with Crippen molar-refractivity contribution in [2.75, 3.05) is 32.7 Å². The zero-order valence-corrected chi connectivity index (χ0v) is 18.2. The van der Waals surface area contributed by atoms with Gasteiger partial charge in [0, 0.05) is 45.2 Å². The molecular weight excluding hydrogens is 376 g/mol. The predicted molar refractivity (Wildman–Crippen MR) is 130 cm³/mol. The molecule has 2 unspecified atom stereocenters. The average molecular weight is 409 g/mol. The molecule has 0 aromatic heterocycles. The predicted octanol–water partition coefficient (Wildman–Crippen LogP) is 5.69. The molecule has 0 saturated carbocycles. The Morgan fingerprint density at radius 2 is 1.39 bits per heavy atom. The molecular formula is C29H32N2. The van der Waals surface area contributed by atoms with Gasteiger partial charge in [-0.05, 0) is 34.6 Å². The van der Waals surface area contributed by atoms with Crippen LogP contribution in [0.15, 0.2) is 97.1 Å². The van der Waals surface area contributed by atoms with Crippen LogP contribution in [0, 0.1) is 5.92 Å². The normalized spacial score (nSPS) is 22.4. The van der Waals surface area contributed by atoms with E-state index in [0.717, 1.165) is 32.6 Å². The zero-order valence-electron chi connectivity index (χ0n) is 18.2. The fourth-order valence-corrected chi connectivity index (χ4v) is 5.32. The second-order valence-electron chi connectivity index (χ2n) is 9.06. The van der Waals surface area contributed by atoms with Crippen molar-refractivity contribution in [1.29, 1.82) is 0 Å².